The minimum Gasteiger partial charge on any atom is -0.302 e. The van der Waals surface area contributed by atoms with Crippen molar-refractivity contribution < 1.29 is 4.79 Å². The quantitative estimate of drug-likeness (QED) is 0.578. The first kappa shape index (κ1) is 18.2. The maximum atomic E-state index is 13.2. The van der Waals surface area contributed by atoms with E-state index in [0.717, 1.165) is 16.7 Å². The van der Waals surface area contributed by atoms with Crippen molar-refractivity contribution in [1.82, 2.24) is 5.32 Å². The number of benzene rings is 3. The van der Waals surface area contributed by atoms with Crippen LogP contribution in [0.1, 0.15) is 41.1 Å². The molecule has 1 aliphatic rings. The maximum Gasteiger partial charge on any atom is 0.144 e. The van der Waals surface area contributed by atoms with Gasteiger partial charge in [0, 0.05) is 28.5 Å². The lowest BCUT2D eigenvalue weighted by Crippen LogP contribution is -2.41. The second-order valence-electron chi connectivity index (χ2n) is 6.86. The number of ketones is 1. The predicted molar refractivity (Wildman–Crippen MR) is 110 cm³/mol. The van der Waals surface area contributed by atoms with Crippen molar-refractivity contribution in [1.29, 1.82) is 0 Å². The summed E-state index contributed by atoms with van der Waals surface area (Å²) in [5.74, 6) is 0.00998. The van der Waals surface area contributed by atoms with E-state index in [9.17, 15) is 4.79 Å². The summed E-state index contributed by atoms with van der Waals surface area (Å²) in [4.78, 5) is 13.2. The highest BCUT2D eigenvalue weighted by molar-refractivity contribution is 6.30. The Labute approximate surface area is 169 Å². The molecule has 1 N–H and O–H groups in total. The van der Waals surface area contributed by atoms with Crippen LogP contribution in [0.5, 0.6) is 0 Å². The zero-order valence-electron chi connectivity index (χ0n) is 14.6. The van der Waals surface area contributed by atoms with Crippen LogP contribution in [0.4, 0.5) is 0 Å². The van der Waals surface area contributed by atoms with Crippen LogP contribution in [-0.4, -0.2) is 5.78 Å². The summed E-state index contributed by atoms with van der Waals surface area (Å²) in [6.45, 7) is 0. The van der Waals surface area contributed by atoms with Crippen molar-refractivity contribution in [2.75, 3.05) is 0 Å². The molecule has 4 rings (SSSR count). The van der Waals surface area contributed by atoms with Crippen molar-refractivity contribution in [3.05, 3.63) is 106 Å². The van der Waals surface area contributed by atoms with E-state index < -0.39 is 0 Å². The Balaban J connectivity index is 1.73. The van der Waals surface area contributed by atoms with E-state index in [1.54, 1.807) is 0 Å². The highest BCUT2D eigenvalue weighted by atomic mass is 35.5. The average molecular weight is 396 g/mol. The van der Waals surface area contributed by atoms with Crippen molar-refractivity contribution >= 4 is 29.0 Å². The molecule has 1 aliphatic heterocycles. The van der Waals surface area contributed by atoms with Crippen LogP contribution in [0, 0.1) is 0 Å². The molecule has 1 heterocycles. The lowest BCUT2D eigenvalue weighted by molar-refractivity contribution is -0.123. The fraction of sp³-hybridized carbons (Fsp3) is 0.174. The molecule has 0 amide bonds. The SMILES string of the molecule is O=C1C[C@H](c2ccc(Cl)cc2)N[C@H](c2ccc(Cl)cc2)[C@H]1c1ccccc1. The molecule has 1 fully saturated rings. The van der Waals surface area contributed by atoms with Gasteiger partial charge < -0.3 is 5.32 Å². The molecule has 3 atom stereocenters. The third-order valence-electron chi connectivity index (χ3n) is 5.13. The number of Topliss-reactive ketones (excluding diaryl/α,β-unsaturated/α-hetero) is 1. The van der Waals surface area contributed by atoms with Gasteiger partial charge in [0.05, 0.1) is 5.92 Å². The Hall–Kier alpha value is -2.13. The Morgan fingerprint density at radius 2 is 1.26 bits per heavy atom. The van der Waals surface area contributed by atoms with Crippen LogP contribution < -0.4 is 5.32 Å². The van der Waals surface area contributed by atoms with Gasteiger partial charge in [-0.15, -0.1) is 0 Å². The third-order valence-corrected chi connectivity index (χ3v) is 5.63. The van der Waals surface area contributed by atoms with E-state index in [0.29, 0.717) is 16.5 Å². The van der Waals surface area contributed by atoms with Crippen molar-refractivity contribution in [2.45, 2.75) is 24.4 Å². The average Bonchev–Trinajstić information content (AvgIpc) is 2.69. The first-order valence-electron chi connectivity index (χ1n) is 8.96. The highest BCUT2D eigenvalue weighted by Gasteiger charge is 2.38. The lowest BCUT2D eigenvalue weighted by atomic mass is 9.77. The number of rotatable bonds is 3. The zero-order chi connectivity index (χ0) is 18.8. The number of halogens is 2. The van der Waals surface area contributed by atoms with Gasteiger partial charge in [-0.3, -0.25) is 4.79 Å². The van der Waals surface area contributed by atoms with Crippen molar-refractivity contribution in [3.63, 3.8) is 0 Å². The van der Waals surface area contributed by atoms with Crippen LogP contribution in [0.2, 0.25) is 10.0 Å². The van der Waals surface area contributed by atoms with Crippen LogP contribution in [0.3, 0.4) is 0 Å². The summed E-state index contributed by atoms with van der Waals surface area (Å²) in [5, 5.41) is 5.08. The second-order valence-corrected chi connectivity index (χ2v) is 7.73. The number of hydrogen-bond donors (Lipinski definition) is 1. The molecule has 3 aromatic carbocycles. The van der Waals surface area contributed by atoms with Crippen molar-refractivity contribution in [2.24, 2.45) is 0 Å². The molecule has 2 nitrogen and oxygen atoms in total. The van der Waals surface area contributed by atoms with Crippen LogP contribution in [0.25, 0.3) is 0 Å². The fourth-order valence-corrected chi connectivity index (χ4v) is 4.04. The lowest BCUT2D eigenvalue weighted by Gasteiger charge is -2.37. The molecular weight excluding hydrogens is 377 g/mol. The van der Waals surface area contributed by atoms with Crippen molar-refractivity contribution in [3.8, 4) is 0 Å². The Morgan fingerprint density at radius 1 is 0.704 bits per heavy atom. The van der Waals surface area contributed by atoms with Gasteiger partial charge in [-0.25, -0.2) is 0 Å². The number of piperidine rings is 1. The summed E-state index contributed by atoms with van der Waals surface area (Å²) in [5.41, 5.74) is 3.16. The molecule has 4 heteroatoms. The predicted octanol–water partition coefficient (Wildman–Crippen LogP) is 6.12. The Bertz CT molecular complexity index is 923. The summed E-state index contributed by atoms with van der Waals surface area (Å²) < 4.78 is 0. The minimum absolute atomic E-state index is 0.0459. The Kier molecular flexibility index (Phi) is 5.31. The van der Waals surface area contributed by atoms with E-state index in [2.05, 4.69) is 5.32 Å². The molecule has 136 valence electrons. The third kappa shape index (κ3) is 3.93. The summed E-state index contributed by atoms with van der Waals surface area (Å²) >= 11 is 12.1. The molecule has 1 saturated heterocycles. The van der Waals surface area contributed by atoms with E-state index >= 15 is 0 Å². The minimum atomic E-state index is -0.226. The second kappa shape index (κ2) is 7.85. The summed E-state index contributed by atoms with van der Waals surface area (Å²) in [7, 11) is 0. The zero-order valence-corrected chi connectivity index (χ0v) is 16.1. The largest absolute Gasteiger partial charge is 0.302 e. The van der Waals surface area contributed by atoms with Crippen LogP contribution in [-0.2, 0) is 4.79 Å². The highest BCUT2D eigenvalue weighted by Crippen LogP contribution is 2.41. The molecular formula is C23H19Cl2NO. The van der Waals surface area contributed by atoms with Gasteiger partial charge in [-0.05, 0) is 41.0 Å². The molecule has 0 unspecified atom stereocenters. The van der Waals surface area contributed by atoms with Crippen LogP contribution >= 0.6 is 23.2 Å². The first-order chi connectivity index (χ1) is 13.1. The fourth-order valence-electron chi connectivity index (χ4n) is 3.79. The molecule has 0 bridgehead atoms. The van der Waals surface area contributed by atoms with Gasteiger partial charge in [0.15, 0.2) is 0 Å². The van der Waals surface area contributed by atoms with Gasteiger partial charge in [-0.1, -0.05) is 77.8 Å². The van der Waals surface area contributed by atoms with Gasteiger partial charge in [0.2, 0.25) is 0 Å². The molecule has 0 radical (unpaired) electrons. The molecule has 0 aliphatic carbocycles. The number of nitrogens with one attached hydrogen (secondary N) is 1. The Morgan fingerprint density at radius 3 is 1.85 bits per heavy atom. The number of carbonyl (C=O) groups excluding carboxylic acids is 1. The number of hydrogen-bond acceptors (Lipinski definition) is 2. The van der Waals surface area contributed by atoms with Crippen LogP contribution in [0.15, 0.2) is 78.9 Å². The molecule has 0 aromatic heterocycles. The monoisotopic (exact) mass is 395 g/mol. The van der Waals surface area contributed by atoms with Gasteiger partial charge in [-0.2, -0.15) is 0 Å². The molecule has 27 heavy (non-hydrogen) atoms. The topological polar surface area (TPSA) is 29.1 Å². The van der Waals surface area contributed by atoms with Gasteiger partial charge >= 0.3 is 0 Å². The van der Waals surface area contributed by atoms with E-state index in [-0.39, 0.29) is 23.8 Å². The first-order valence-corrected chi connectivity index (χ1v) is 9.72. The summed E-state index contributed by atoms with van der Waals surface area (Å²) in [6, 6.07) is 25.2. The smallest absolute Gasteiger partial charge is 0.144 e. The van der Waals surface area contributed by atoms with E-state index in [1.807, 2.05) is 78.9 Å². The normalized spacial score (nSPS) is 22.6. The number of carbonyl (C=O) groups is 1. The molecule has 0 saturated carbocycles. The molecule has 3 aromatic rings. The molecule has 0 spiro atoms. The summed E-state index contributed by atoms with van der Waals surface area (Å²) in [6.07, 6.45) is 0.450. The van der Waals surface area contributed by atoms with Gasteiger partial charge in [0.1, 0.15) is 5.78 Å². The van der Waals surface area contributed by atoms with E-state index in [4.69, 9.17) is 23.2 Å². The standard InChI is InChI=1S/C23H19Cl2NO/c24-18-10-6-15(7-11-18)20-14-21(27)22(16-4-2-1-3-5-16)23(26-20)17-8-12-19(25)13-9-17/h1-13,20,22-23,26H,14H2/t20-,22+,23-/m1/s1. The maximum absolute atomic E-state index is 13.2. The van der Waals surface area contributed by atoms with Gasteiger partial charge in [0.25, 0.3) is 0 Å². The van der Waals surface area contributed by atoms with E-state index in [1.165, 1.54) is 0 Å².